The first-order valence-corrected chi connectivity index (χ1v) is 9.44. The van der Waals surface area contributed by atoms with Crippen LogP contribution in [0.5, 0.6) is 0 Å². The molecule has 0 saturated heterocycles. The van der Waals surface area contributed by atoms with E-state index in [4.69, 9.17) is 0 Å². The number of nitrogens with one attached hydrogen (secondary N) is 2. The lowest BCUT2D eigenvalue weighted by molar-refractivity contribution is 0.611. The zero-order valence-electron chi connectivity index (χ0n) is 15.7. The van der Waals surface area contributed by atoms with Gasteiger partial charge in [0.2, 0.25) is 0 Å². The fourth-order valence-electron chi connectivity index (χ4n) is 3.04. The van der Waals surface area contributed by atoms with Crippen LogP contribution in [0.3, 0.4) is 0 Å². The fraction of sp³-hybridized carbons (Fsp3) is 0.182. The van der Waals surface area contributed by atoms with Gasteiger partial charge in [0, 0.05) is 62.3 Å². The number of hydrogen-bond donors (Lipinski definition) is 2. The van der Waals surface area contributed by atoms with Crippen molar-refractivity contribution >= 4 is 0 Å². The highest BCUT2D eigenvalue weighted by Crippen LogP contribution is 2.10. The second kappa shape index (κ2) is 9.12. The van der Waals surface area contributed by atoms with E-state index in [9.17, 15) is 0 Å². The van der Waals surface area contributed by atoms with Crippen molar-refractivity contribution in [2.24, 2.45) is 0 Å². The summed E-state index contributed by atoms with van der Waals surface area (Å²) in [7, 11) is 0. The first-order valence-electron chi connectivity index (χ1n) is 9.44. The molecule has 6 heteroatoms. The third-order valence-corrected chi connectivity index (χ3v) is 4.61. The Hall–Kier alpha value is -3.22. The fourth-order valence-corrected chi connectivity index (χ4v) is 3.04. The van der Waals surface area contributed by atoms with Crippen molar-refractivity contribution in [3.05, 3.63) is 97.1 Å². The van der Waals surface area contributed by atoms with Crippen molar-refractivity contribution in [2.45, 2.75) is 13.1 Å². The average Bonchev–Trinajstić information content (AvgIpc) is 3.46. The van der Waals surface area contributed by atoms with Crippen LogP contribution in [0, 0.1) is 0 Å². The minimum Gasteiger partial charge on any atom is -0.311 e. The Morgan fingerprint density at radius 1 is 0.607 bits per heavy atom. The van der Waals surface area contributed by atoms with Crippen LogP contribution in [0.4, 0.5) is 0 Å². The van der Waals surface area contributed by atoms with E-state index in [0.29, 0.717) is 0 Å². The van der Waals surface area contributed by atoms with Gasteiger partial charge in [-0.15, -0.1) is 0 Å². The smallest absolute Gasteiger partial charge is 0.0991 e. The summed E-state index contributed by atoms with van der Waals surface area (Å²) in [6.45, 7) is 3.59. The van der Waals surface area contributed by atoms with E-state index in [1.54, 1.807) is 12.4 Å². The summed E-state index contributed by atoms with van der Waals surface area (Å²) < 4.78 is 4.01. The second-order valence-corrected chi connectivity index (χ2v) is 6.63. The Labute approximate surface area is 164 Å². The molecule has 0 saturated carbocycles. The Bertz CT molecular complexity index is 860. The van der Waals surface area contributed by atoms with Crippen molar-refractivity contribution < 1.29 is 0 Å². The Kier molecular flexibility index (Phi) is 5.92. The number of hydrogen-bond acceptors (Lipinski definition) is 4. The maximum atomic E-state index is 4.08. The first kappa shape index (κ1) is 18.2. The van der Waals surface area contributed by atoms with Crippen molar-refractivity contribution in [1.29, 1.82) is 0 Å². The van der Waals surface area contributed by atoms with Gasteiger partial charge in [-0.1, -0.05) is 24.3 Å². The van der Waals surface area contributed by atoms with Crippen molar-refractivity contribution in [3.8, 4) is 11.4 Å². The van der Waals surface area contributed by atoms with Gasteiger partial charge in [-0.05, 0) is 35.4 Å². The minimum atomic E-state index is 0.867. The van der Waals surface area contributed by atoms with Gasteiger partial charge in [-0.25, -0.2) is 9.97 Å². The standard InChI is InChI=1S/C22H24N6/c1-5-21(27-13-11-25-17-27)6-2-19(1)15-23-9-10-24-16-20-3-7-22(8-4-20)28-14-12-26-18-28/h1-8,11-14,17-18,23-24H,9-10,15-16H2. The molecule has 0 spiro atoms. The van der Waals surface area contributed by atoms with Crippen LogP contribution in [0.25, 0.3) is 11.4 Å². The van der Waals surface area contributed by atoms with Crippen LogP contribution in [-0.2, 0) is 13.1 Å². The zero-order chi connectivity index (χ0) is 19.0. The molecule has 0 bridgehead atoms. The van der Waals surface area contributed by atoms with E-state index >= 15 is 0 Å². The molecule has 0 aliphatic heterocycles. The van der Waals surface area contributed by atoms with E-state index in [1.807, 2.05) is 34.2 Å². The largest absolute Gasteiger partial charge is 0.311 e. The van der Waals surface area contributed by atoms with E-state index in [2.05, 4.69) is 69.1 Å². The SMILES string of the molecule is c1cn(-c2ccc(CNCCNCc3ccc(-n4ccnc4)cc3)cc2)cn1. The highest BCUT2D eigenvalue weighted by atomic mass is 15.0. The van der Waals surface area contributed by atoms with E-state index in [-0.39, 0.29) is 0 Å². The Balaban J connectivity index is 1.14. The summed E-state index contributed by atoms with van der Waals surface area (Å²) >= 11 is 0. The molecule has 0 fully saturated rings. The highest BCUT2D eigenvalue weighted by Gasteiger charge is 1.98. The summed E-state index contributed by atoms with van der Waals surface area (Å²) in [6, 6.07) is 17.1. The summed E-state index contributed by atoms with van der Waals surface area (Å²) in [6.07, 6.45) is 11.1. The third-order valence-electron chi connectivity index (χ3n) is 4.61. The lowest BCUT2D eigenvalue weighted by Crippen LogP contribution is -2.26. The molecule has 0 aliphatic carbocycles. The molecule has 142 valence electrons. The molecule has 6 nitrogen and oxygen atoms in total. The molecule has 0 unspecified atom stereocenters. The zero-order valence-corrected chi connectivity index (χ0v) is 15.7. The minimum absolute atomic E-state index is 0.867. The van der Waals surface area contributed by atoms with E-state index in [0.717, 1.165) is 37.6 Å². The monoisotopic (exact) mass is 372 g/mol. The van der Waals surface area contributed by atoms with Gasteiger partial charge < -0.3 is 19.8 Å². The van der Waals surface area contributed by atoms with E-state index in [1.165, 1.54) is 11.1 Å². The maximum Gasteiger partial charge on any atom is 0.0991 e. The lowest BCUT2D eigenvalue weighted by Gasteiger charge is -2.09. The molecule has 2 N–H and O–H groups in total. The molecule has 0 aliphatic rings. The number of imidazole rings is 2. The normalized spacial score (nSPS) is 11.0. The molecule has 2 aromatic carbocycles. The summed E-state index contributed by atoms with van der Waals surface area (Å²) in [5.41, 5.74) is 4.81. The highest BCUT2D eigenvalue weighted by molar-refractivity contribution is 5.35. The van der Waals surface area contributed by atoms with Crippen molar-refractivity contribution in [3.63, 3.8) is 0 Å². The second-order valence-electron chi connectivity index (χ2n) is 6.63. The third kappa shape index (κ3) is 4.73. The molecule has 0 atom stereocenters. The van der Waals surface area contributed by atoms with Crippen LogP contribution in [-0.4, -0.2) is 32.2 Å². The molecular formula is C22H24N6. The number of aromatic nitrogens is 4. The molecule has 28 heavy (non-hydrogen) atoms. The van der Waals surface area contributed by atoms with Gasteiger partial charge in [-0.3, -0.25) is 0 Å². The lowest BCUT2D eigenvalue weighted by atomic mass is 10.2. The Morgan fingerprint density at radius 2 is 1.04 bits per heavy atom. The van der Waals surface area contributed by atoms with Crippen LogP contribution in [0.2, 0.25) is 0 Å². The molecule has 0 amide bonds. The molecular weight excluding hydrogens is 348 g/mol. The van der Waals surface area contributed by atoms with Gasteiger partial charge in [0.1, 0.15) is 0 Å². The van der Waals surface area contributed by atoms with Crippen LogP contribution < -0.4 is 10.6 Å². The average molecular weight is 372 g/mol. The van der Waals surface area contributed by atoms with Crippen LogP contribution in [0.1, 0.15) is 11.1 Å². The summed E-state index contributed by atoms with van der Waals surface area (Å²) in [5, 5.41) is 6.96. The molecule has 0 radical (unpaired) electrons. The topological polar surface area (TPSA) is 59.7 Å². The van der Waals surface area contributed by atoms with Crippen molar-refractivity contribution in [2.75, 3.05) is 13.1 Å². The predicted molar refractivity (Wildman–Crippen MR) is 111 cm³/mol. The summed E-state index contributed by atoms with van der Waals surface area (Å²) in [5.74, 6) is 0. The first-order chi connectivity index (χ1) is 13.9. The van der Waals surface area contributed by atoms with Crippen molar-refractivity contribution in [1.82, 2.24) is 29.7 Å². The van der Waals surface area contributed by atoms with Gasteiger partial charge in [0.05, 0.1) is 12.7 Å². The van der Waals surface area contributed by atoms with Crippen LogP contribution in [0.15, 0.2) is 86.0 Å². The Morgan fingerprint density at radius 3 is 1.39 bits per heavy atom. The molecule has 4 rings (SSSR count). The van der Waals surface area contributed by atoms with Crippen LogP contribution >= 0.6 is 0 Å². The van der Waals surface area contributed by atoms with E-state index < -0.39 is 0 Å². The number of benzene rings is 2. The van der Waals surface area contributed by atoms with Gasteiger partial charge in [0.25, 0.3) is 0 Å². The van der Waals surface area contributed by atoms with Gasteiger partial charge in [0.15, 0.2) is 0 Å². The molecule has 2 aromatic heterocycles. The number of nitrogens with zero attached hydrogens (tertiary/aromatic N) is 4. The summed E-state index contributed by atoms with van der Waals surface area (Å²) in [4.78, 5) is 8.15. The van der Waals surface area contributed by atoms with Gasteiger partial charge in [-0.2, -0.15) is 0 Å². The van der Waals surface area contributed by atoms with Gasteiger partial charge >= 0.3 is 0 Å². The molecule has 2 heterocycles. The molecule has 4 aromatic rings. The number of rotatable bonds is 9. The predicted octanol–water partition coefficient (Wildman–Crippen LogP) is 2.94. The quantitative estimate of drug-likeness (QED) is 0.444. The maximum absolute atomic E-state index is 4.08.